The summed E-state index contributed by atoms with van der Waals surface area (Å²) in [5.74, 6) is -0.493. The summed E-state index contributed by atoms with van der Waals surface area (Å²) < 4.78 is 44.6. The molecule has 4 aliphatic rings. The lowest BCUT2D eigenvalue weighted by atomic mass is 9.83. The molecule has 1 spiro atoms. The Labute approximate surface area is 262 Å². The molecule has 5 N–H and O–H groups in total. The lowest BCUT2D eigenvalue weighted by molar-refractivity contribution is -0.174. The van der Waals surface area contributed by atoms with Crippen LogP contribution in [-0.4, -0.2) is 64.3 Å². The van der Waals surface area contributed by atoms with Gasteiger partial charge in [-0.15, -0.1) is 0 Å². The number of carbonyl (C=O) groups is 2. The summed E-state index contributed by atoms with van der Waals surface area (Å²) in [4.78, 5) is 38.4. The third-order valence-corrected chi connectivity index (χ3v) is 9.33. The molecule has 6 rings (SSSR count). The van der Waals surface area contributed by atoms with Gasteiger partial charge in [0.05, 0.1) is 40.5 Å². The van der Waals surface area contributed by atoms with E-state index in [0.717, 1.165) is 44.0 Å². The van der Waals surface area contributed by atoms with Crippen molar-refractivity contribution in [3.05, 3.63) is 76.3 Å². The Kier molecular flexibility index (Phi) is 7.80. The van der Waals surface area contributed by atoms with Gasteiger partial charge in [0.2, 0.25) is 5.91 Å². The number of amidine groups is 1. The lowest BCUT2D eigenvalue weighted by Gasteiger charge is -2.47. The molecule has 2 saturated heterocycles. The van der Waals surface area contributed by atoms with Gasteiger partial charge in [0.25, 0.3) is 5.91 Å². The summed E-state index contributed by atoms with van der Waals surface area (Å²) in [6.45, 7) is 4.03. The molecular formula is C31H33ClF3N7O3. The quantitative estimate of drug-likeness (QED) is 0.419. The molecular weight excluding hydrogens is 611 g/mol. The first-order chi connectivity index (χ1) is 21.3. The third kappa shape index (κ3) is 5.98. The molecule has 238 valence electrons. The number of pyridine rings is 1. The first kappa shape index (κ1) is 30.9. The van der Waals surface area contributed by atoms with Crippen LogP contribution in [0.3, 0.4) is 0 Å². The van der Waals surface area contributed by atoms with Crippen molar-refractivity contribution in [1.29, 1.82) is 0 Å². The number of piperidine rings is 1. The van der Waals surface area contributed by atoms with Gasteiger partial charge in [-0.05, 0) is 62.8 Å². The van der Waals surface area contributed by atoms with Gasteiger partial charge in [0.15, 0.2) is 0 Å². The van der Waals surface area contributed by atoms with Gasteiger partial charge in [-0.3, -0.25) is 9.59 Å². The van der Waals surface area contributed by atoms with E-state index < -0.39 is 23.1 Å². The molecule has 45 heavy (non-hydrogen) atoms. The number of carbonyl (C=O) groups excluding carboxylic acids is 2. The number of anilines is 1. The van der Waals surface area contributed by atoms with Crippen molar-refractivity contribution >= 4 is 40.8 Å². The van der Waals surface area contributed by atoms with Crippen molar-refractivity contribution < 1.29 is 27.5 Å². The van der Waals surface area contributed by atoms with Gasteiger partial charge in [0, 0.05) is 42.8 Å². The molecule has 1 aromatic carbocycles. The summed E-state index contributed by atoms with van der Waals surface area (Å²) >= 11 is 6.46. The number of aliphatic imine (C=N–C) groups is 1. The third-order valence-electron chi connectivity index (χ3n) is 9.01. The number of halogens is 4. The SMILES string of the molecule is CC1(C(=O)N2C[C@H](CN3C=CN=C(N)/C3=C(/N)c3ccc(C(=O)Nc4cc(C(F)(F)F)ccn4)c(Cl)c3)CCC23CC3)COC1. The Morgan fingerprint density at radius 1 is 1.18 bits per heavy atom. The van der Waals surface area contributed by atoms with Crippen molar-refractivity contribution in [2.24, 2.45) is 27.8 Å². The Morgan fingerprint density at radius 2 is 1.93 bits per heavy atom. The van der Waals surface area contributed by atoms with E-state index in [0.29, 0.717) is 37.6 Å². The van der Waals surface area contributed by atoms with Crippen LogP contribution in [0.2, 0.25) is 5.02 Å². The fourth-order valence-electron chi connectivity index (χ4n) is 6.18. The van der Waals surface area contributed by atoms with Crippen LogP contribution in [-0.2, 0) is 15.7 Å². The largest absolute Gasteiger partial charge is 0.416 e. The number of nitrogens with one attached hydrogen (secondary N) is 1. The highest BCUT2D eigenvalue weighted by Gasteiger charge is 2.57. The molecule has 1 aliphatic carbocycles. The highest BCUT2D eigenvalue weighted by atomic mass is 35.5. The number of amides is 2. The van der Waals surface area contributed by atoms with Crippen LogP contribution in [0.25, 0.3) is 5.70 Å². The maximum atomic E-state index is 13.5. The molecule has 2 aromatic rings. The minimum absolute atomic E-state index is 0.0194. The van der Waals surface area contributed by atoms with Crippen molar-refractivity contribution in [3.8, 4) is 0 Å². The van der Waals surface area contributed by atoms with E-state index in [9.17, 15) is 22.8 Å². The molecule has 3 aliphatic heterocycles. The van der Waals surface area contributed by atoms with E-state index in [4.69, 9.17) is 27.8 Å². The minimum atomic E-state index is -4.59. The average Bonchev–Trinajstić information content (AvgIpc) is 3.76. The highest BCUT2D eigenvalue weighted by Crippen LogP contribution is 2.51. The summed E-state index contributed by atoms with van der Waals surface area (Å²) in [5.41, 5.74) is 12.7. The predicted molar refractivity (Wildman–Crippen MR) is 163 cm³/mol. The van der Waals surface area contributed by atoms with E-state index in [-0.39, 0.29) is 45.3 Å². The molecule has 4 heterocycles. The molecule has 0 bridgehead atoms. The minimum Gasteiger partial charge on any atom is -0.396 e. The number of rotatable bonds is 6. The number of aromatic nitrogens is 1. The van der Waals surface area contributed by atoms with Crippen LogP contribution >= 0.6 is 11.6 Å². The Morgan fingerprint density at radius 3 is 2.58 bits per heavy atom. The number of nitrogens with two attached hydrogens (primary N) is 2. The zero-order chi connectivity index (χ0) is 32.1. The fourth-order valence-corrected chi connectivity index (χ4v) is 6.45. The van der Waals surface area contributed by atoms with Gasteiger partial charge in [-0.1, -0.05) is 17.7 Å². The molecule has 1 atom stereocenters. The summed E-state index contributed by atoms with van der Waals surface area (Å²) in [7, 11) is 0. The summed E-state index contributed by atoms with van der Waals surface area (Å²) in [6, 6.07) is 6.04. The molecule has 2 amide bonds. The summed E-state index contributed by atoms with van der Waals surface area (Å²) in [6.07, 6.45) is 3.69. The number of hydrogen-bond donors (Lipinski definition) is 3. The second kappa shape index (κ2) is 11.4. The molecule has 10 nitrogen and oxygen atoms in total. The monoisotopic (exact) mass is 643 g/mol. The van der Waals surface area contributed by atoms with Gasteiger partial charge in [0.1, 0.15) is 17.4 Å². The van der Waals surface area contributed by atoms with Crippen molar-refractivity contribution in [2.45, 2.75) is 44.3 Å². The Hall–Kier alpha value is -4.10. The first-order valence-corrected chi connectivity index (χ1v) is 15.0. The normalized spacial score (nSPS) is 22.9. The van der Waals surface area contributed by atoms with Crippen LogP contribution in [0.1, 0.15) is 54.1 Å². The Bertz CT molecular complexity index is 1630. The summed E-state index contributed by atoms with van der Waals surface area (Å²) in [5, 5.41) is 2.38. The van der Waals surface area contributed by atoms with Crippen LogP contribution < -0.4 is 16.8 Å². The second-order valence-electron chi connectivity index (χ2n) is 12.4. The van der Waals surface area contributed by atoms with E-state index in [1.807, 2.05) is 11.8 Å². The van der Waals surface area contributed by atoms with Crippen LogP contribution in [0.4, 0.5) is 19.0 Å². The number of ether oxygens (including phenoxy) is 1. The first-order valence-electron chi connectivity index (χ1n) is 14.6. The van der Waals surface area contributed by atoms with Crippen LogP contribution in [0.5, 0.6) is 0 Å². The van der Waals surface area contributed by atoms with Crippen LogP contribution in [0, 0.1) is 11.3 Å². The van der Waals surface area contributed by atoms with E-state index >= 15 is 0 Å². The van der Waals surface area contributed by atoms with Crippen molar-refractivity contribution in [1.82, 2.24) is 14.8 Å². The Balaban J connectivity index is 1.19. The highest BCUT2D eigenvalue weighted by molar-refractivity contribution is 6.34. The average molecular weight is 644 g/mol. The molecule has 0 radical (unpaired) electrons. The zero-order valence-corrected chi connectivity index (χ0v) is 25.3. The van der Waals surface area contributed by atoms with Gasteiger partial charge < -0.3 is 31.3 Å². The number of alkyl halides is 3. The van der Waals surface area contributed by atoms with Gasteiger partial charge in [-0.2, -0.15) is 13.2 Å². The molecule has 3 fully saturated rings. The lowest BCUT2D eigenvalue weighted by Crippen LogP contribution is -2.59. The number of nitrogens with zero attached hydrogens (tertiary/aromatic N) is 4. The zero-order valence-electron chi connectivity index (χ0n) is 24.5. The maximum Gasteiger partial charge on any atom is 0.416 e. The number of likely N-dealkylation sites (tertiary alicyclic amines) is 1. The van der Waals surface area contributed by atoms with E-state index in [1.54, 1.807) is 18.5 Å². The predicted octanol–water partition coefficient (Wildman–Crippen LogP) is 4.59. The van der Waals surface area contributed by atoms with Gasteiger partial charge in [-0.25, -0.2) is 9.98 Å². The van der Waals surface area contributed by atoms with Crippen LogP contribution in [0.15, 0.2) is 59.6 Å². The second-order valence-corrected chi connectivity index (χ2v) is 12.8. The fraction of sp³-hybridized carbons (Fsp3) is 0.419. The smallest absolute Gasteiger partial charge is 0.396 e. The van der Waals surface area contributed by atoms with Crippen molar-refractivity contribution in [2.75, 3.05) is 31.6 Å². The van der Waals surface area contributed by atoms with Crippen molar-refractivity contribution in [3.63, 3.8) is 0 Å². The molecule has 0 unspecified atom stereocenters. The molecule has 14 heteroatoms. The van der Waals surface area contributed by atoms with Gasteiger partial charge >= 0.3 is 6.18 Å². The molecule has 1 saturated carbocycles. The van der Waals surface area contributed by atoms with E-state index in [1.165, 1.54) is 12.1 Å². The van der Waals surface area contributed by atoms with E-state index in [2.05, 4.69) is 20.2 Å². The topological polar surface area (TPSA) is 139 Å². The standard InChI is InChI=1S/C31H33ClF3N7O3/c1-29(16-45-17-29)28(44)42-15-18(4-6-30(42)7-8-30)14-41-11-10-39-26(37)25(41)24(36)19-2-3-21(22(32)12-19)27(43)40-23-13-20(5-9-38-23)31(33,34)35/h2-3,5,9-13,18H,4,6-8,14-17,36H2,1H3,(H2,37,39)(H,38,40,43)/b25-24-/t18-/m0/s1. The maximum absolute atomic E-state index is 13.5. The number of hydrogen-bond acceptors (Lipinski definition) is 8. The number of benzene rings is 1. The molecule has 1 aromatic heterocycles.